The first-order valence-corrected chi connectivity index (χ1v) is 14.3. The topological polar surface area (TPSA) is 0 Å². The van der Waals surface area contributed by atoms with Crippen molar-refractivity contribution in [2.24, 2.45) is 23.2 Å². The molecule has 2 saturated carbocycles. The predicted octanol–water partition coefficient (Wildman–Crippen LogP) is 10.1. The molecule has 0 bridgehead atoms. The Hall–Kier alpha value is -0.810. The molecule has 1 aromatic rings. The van der Waals surface area contributed by atoms with E-state index in [1.165, 1.54) is 109 Å². The first-order valence-electron chi connectivity index (χ1n) is 13.5. The largest absolute Gasteiger partial charge is 0.206 e. The summed E-state index contributed by atoms with van der Waals surface area (Å²) >= 11 is 3.35. The van der Waals surface area contributed by atoms with Gasteiger partial charge in [-0.1, -0.05) is 99.4 Å². The number of hydrogen-bond donors (Lipinski definition) is 0. The van der Waals surface area contributed by atoms with E-state index in [1.807, 2.05) is 12.1 Å². The molecule has 2 aliphatic carbocycles. The van der Waals surface area contributed by atoms with Gasteiger partial charge in [-0.2, -0.15) is 0 Å². The molecule has 0 aromatic heterocycles. The minimum absolute atomic E-state index is 0.0997. The van der Waals surface area contributed by atoms with Crippen molar-refractivity contribution in [2.75, 3.05) is 0 Å². The molecular weight excluding hydrogens is 459 g/mol. The highest BCUT2D eigenvalue weighted by Crippen LogP contribution is 2.48. The van der Waals surface area contributed by atoms with E-state index in [9.17, 15) is 4.39 Å². The van der Waals surface area contributed by atoms with Gasteiger partial charge in [0.05, 0.1) is 5.56 Å². The van der Waals surface area contributed by atoms with Crippen molar-refractivity contribution in [3.8, 4) is 11.8 Å². The van der Waals surface area contributed by atoms with Gasteiger partial charge in [0.25, 0.3) is 0 Å². The lowest BCUT2D eigenvalue weighted by Crippen LogP contribution is -2.31. The summed E-state index contributed by atoms with van der Waals surface area (Å²) in [5.41, 5.74) is 0.648. The van der Waals surface area contributed by atoms with Gasteiger partial charge in [0, 0.05) is 9.89 Å². The van der Waals surface area contributed by atoms with E-state index in [1.54, 1.807) is 0 Å². The van der Waals surface area contributed by atoms with Crippen molar-refractivity contribution in [3.05, 3.63) is 34.1 Å². The maximum atomic E-state index is 14.3. The van der Waals surface area contributed by atoms with Gasteiger partial charge in [0.15, 0.2) is 0 Å². The van der Waals surface area contributed by atoms with E-state index < -0.39 is 0 Å². The maximum Gasteiger partial charge on any atom is 0.139 e. The highest BCUT2D eigenvalue weighted by Gasteiger charge is 2.37. The van der Waals surface area contributed by atoms with E-state index >= 15 is 0 Å². The van der Waals surface area contributed by atoms with Gasteiger partial charge in [0.1, 0.15) is 5.82 Å². The monoisotopic (exact) mass is 502 g/mol. The smallest absolute Gasteiger partial charge is 0.139 e. The summed E-state index contributed by atoms with van der Waals surface area (Å²) in [5, 5.41) is 0. The molecule has 0 aliphatic heterocycles. The molecule has 0 N–H and O–H groups in total. The van der Waals surface area contributed by atoms with Crippen LogP contribution < -0.4 is 0 Å². The van der Waals surface area contributed by atoms with E-state index in [4.69, 9.17) is 0 Å². The van der Waals surface area contributed by atoms with Crippen LogP contribution in [0.2, 0.25) is 0 Å². The van der Waals surface area contributed by atoms with E-state index in [-0.39, 0.29) is 11.2 Å². The second-order valence-electron chi connectivity index (χ2n) is 10.7. The molecule has 0 unspecified atom stereocenters. The Morgan fingerprint density at radius 3 is 2.22 bits per heavy atom. The number of benzene rings is 1. The van der Waals surface area contributed by atoms with Gasteiger partial charge in [-0.05, 0) is 80.9 Å². The number of unbranched alkanes of at least 4 members (excludes halogenated alkanes) is 4. The molecule has 0 heterocycles. The molecule has 178 valence electrons. The van der Waals surface area contributed by atoms with Crippen molar-refractivity contribution >= 4 is 15.9 Å². The molecule has 0 spiro atoms. The van der Waals surface area contributed by atoms with E-state index in [2.05, 4.69) is 41.6 Å². The third kappa shape index (κ3) is 7.62. The lowest BCUT2D eigenvalue weighted by Gasteiger charge is -2.41. The molecule has 2 heteroatoms. The summed E-state index contributed by atoms with van der Waals surface area (Å²) in [6.07, 6.45) is 21.5. The highest BCUT2D eigenvalue weighted by molar-refractivity contribution is 9.10. The average molecular weight is 504 g/mol. The lowest BCUT2D eigenvalue weighted by atomic mass is 9.63. The molecule has 0 saturated heterocycles. The van der Waals surface area contributed by atoms with Gasteiger partial charge in [-0.15, -0.1) is 0 Å². The lowest BCUT2D eigenvalue weighted by molar-refractivity contribution is 0.115. The Bertz CT molecular complexity index is 742. The summed E-state index contributed by atoms with van der Waals surface area (Å²) in [6.45, 7) is 4.58. The molecule has 0 nitrogen and oxygen atoms in total. The van der Waals surface area contributed by atoms with Crippen molar-refractivity contribution in [1.82, 2.24) is 0 Å². The Labute approximate surface area is 205 Å². The van der Waals surface area contributed by atoms with Crippen LogP contribution in [0.3, 0.4) is 0 Å². The van der Waals surface area contributed by atoms with Gasteiger partial charge in [-0.3, -0.25) is 0 Å². The molecule has 0 radical (unpaired) electrons. The molecule has 2 aliphatic rings. The van der Waals surface area contributed by atoms with Crippen molar-refractivity contribution in [3.63, 3.8) is 0 Å². The summed E-state index contributed by atoms with van der Waals surface area (Å²) in [6, 6.07) is 5.24. The van der Waals surface area contributed by atoms with Crippen molar-refractivity contribution in [2.45, 2.75) is 117 Å². The maximum absolute atomic E-state index is 14.3. The summed E-state index contributed by atoms with van der Waals surface area (Å²) in [7, 11) is 0. The zero-order valence-electron chi connectivity index (χ0n) is 20.5. The van der Waals surface area contributed by atoms with Crippen LogP contribution in [-0.4, -0.2) is 0 Å². The second-order valence-corrected chi connectivity index (χ2v) is 11.6. The Morgan fingerprint density at radius 2 is 1.56 bits per heavy atom. The molecule has 0 amide bonds. The molecule has 2 fully saturated rings. The van der Waals surface area contributed by atoms with Crippen LogP contribution in [0.5, 0.6) is 0 Å². The van der Waals surface area contributed by atoms with Gasteiger partial charge < -0.3 is 0 Å². The number of rotatable bonds is 9. The van der Waals surface area contributed by atoms with Crippen molar-refractivity contribution in [1.29, 1.82) is 0 Å². The van der Waals surface area contributed by atoms with Crippen molar-refractivity contribution < 1.29 is 4.39 Å². The third-order valence-electron chi connectivity index (χ3n) is 8.41. The van der Waals surface area contributed by atoms with Crippen LogP contribution in [0.25, 0.3) is 0 Å². The SMILES string of the molecule is CCCCCC1CCC(C2CCC(C#Cc3ccc(Br)cc3F)(CCCCC)CC2)CC1. The van der Waals surface area contributed by atoms with Gasteiger partial charge in [0.2, 0.25) is 0 Å². The summed E-state index contributed by atoms with van der Waals surface area (Å²) < 4.78 is 15.1. The standard InChI is InChI=1S/C30H44BrF/c1-3-5-7-9-24-10-12-25(13-11-24)26-16-20-30(21-17-26,19-8-6-4-2)22-18-27-14-15-28(31)23-29(27)32/h14-15,23-26H,3-13,16-17,19-21H2,1-2H3. The fourth-order valence-corrected chi connectivity index (χ4v) is 6.57. The Morgan fingerprint density at radius 1 is 0.906 bits per heavy atom. The zero-order valence-corrected chi connectivity index (χ0v) is 22.1. The van der Waals surface area contributed by atoms with Crippen LogP contribution in [-0.2, 0) is 0 Å². The molecule has 32 heavy (non-hydrogen) atoms. The number of halogens is 2. The van der Waals surface area contributed by atoms with Crippen LogP contribution >= 0.6 is 15.9 Å². The van der Waals surface area contributed by atoms with Crippen LogP contribution in [0, 0.1) is 40.8 Å². The fourth-order valence-electron chi connectivity index (χ4n) is 6.24. The first-order chi connectivity index (χ1) is 15.5. The fraction of sp³-hybridized carbons (Fsp3) is 0.733. The average Bonchev–Trinajstić information content (AvgIpc) is 2.80. The zero-order chi connectivity index (χ0) is 22.8. The quantitative estimate of drug-likeness (QED) is 0.232. The minimum atomic E-state index is -0.208. The van der Waals surface area contributed by atoms with Gasteiger partial charge in [-0.25, -0.2) is 4.39 Å². The van der Waals surface area contributed by atoms with Crippen LogP contribution in [0.1, 0.15) is 122 Å². The highest BCUT2D eigenvalue weighted by atomic mass is 79.9. The summed E-state index contributed by atoms with van der Waals surface area (Å²) in [4.78, 5) is 0. The van der Waals surface area contributed by atoms with Crippen LogP contribution in [0.15, 0.2) is 22.7 Å². The minimum Gasteiger partial charge on any atom is -0.206 e. The molecular formula is C30H44BrF. The third-order valence-corrected chi connectivity index (χ3v) is 8.91. The molecule has 1 aromatic carbocycles. The van der Waals surface area contributed by atoms with Gasteiger partial charge >= 0.3 is 0 Å². The van der Waals surface area contributed by atoms with Crippen LogP contribution in [0.4, 0.5) is 4.39 Å². The Kier molecular flexibility index (Phi) is 10.6. The Balaban J connectivity index is 1.58. The second kappa shape index (κ2) is 13.2. The predicted molar refractivity (Wildman–Crippen MR) is 139 cm³/mol. The molecule has 3 rings (SSSR count). The van der Waals surface area contributed by atoms with E-state index in [0.29, 0.717) is 5.56 Å². The molecule has 0 atom stereocenters. The van der Waals surface area contributed by atoms with E-state index in [0.717, 1.165) is 22.2 Å². The normalized spacial score (nSPS) is 28.2. The first kappa shape index (κ1) is 25.8. The number of hydrogen-bond acceptors (Lipinski definition) is 0. The summed E-state index contributed by atoms with van der Waals surface area (Å²) in [5.74, 6) is 9.52.